The molecule has 0 spiro atoms. The van der Waals surface area contributed by atoms with Crippen LogP contribution >= 0.6 is 10.0 Å². The first kappa shape index (κ1) is 26.7. The van der Waals surface area contributed by atoms with Gasteiger partial charge in [0, 0.05) is 50.8 Å². The summed E-state index contributed by atoms with van der Waals surface area (Å²) in [6.07, 6.45) is 0. The Morgan fingerprint density at radius 1 is 0.447 bits per heavy atom. The Morgan fingerprint density at radius 2 is 0.809 bits per heavy atom. The molecule has 0 saturated heterocycles. The van der Waals surface area contributed by atoms with Crippen molar-refractivity contribution in [1.29, 1.82) is 0 Å². The quantitative estimate of drug-likeness (QED) is 0.169. The van der Waals surface area contributed by atoms with Gasteiger partial charge in [0.25, 0.3) is 0 Å². The van der Waals surface area contributed by atoms with Gasteiger partial charge in [-0.15, -0.1) is 0 Å². The Morgan fingerprint density at radius 3 is 1.26 bits per heavy atom. The molecule has 0 saturated carbocycles. The fourth-order valence-corrected chi connectivity index (χ4v) is 7.96. The van der Waals surface area contributed by atoms with Crippen LogP contribution in [0.4, 0.5) is 0 Å². The van der Waals surface area contributed by atoms with Gasteiger partial charge >= 0.3 is 14.5 Å². The molecule has 8 bridgehead atoms. The van der Waals surface area contributed by atoms with Crippen LogP contribution in [0.25, 0.3) is 100 Å². The molecular formula is C37H21AlClN8. The molecule has 0 amide bonds. The lowest BCUT2D eigenvalue weighted by Gasteiger charge is -2.04. The van der Waals surface area contributed by atoms with Crippen molar-refractivity contribution >= 4 is 79.5 Å². The maximum Gasteiger partial charge on any atom is 0.526 e. The average Bonchev–Trinajstić information content (AvgIpc) is 3.80. The van der Waals surface area contributed by atoms with Crippen molar-refractivity contribution in [2.24, 2.45) is 7.05 Å². The van der Waals surface area contributed by atoms with Crippen molar-refractivity contribution in [3.8, 4) is 45.6 Å². The highest BCUT2D eigenvalue weighted by molar-refractivity contribution is 6.93. The minimum Gasteiger partial charge on any atom is -0.395 e. The number of nitrogens with zero attached hydrogens (tertiary/aromatic N) is 8. The van der Waals surface area contributed by atoms with Crippen molar-refractivity contribution in [3.63, 3.8) is 0 Å². The van der Waals surface area contributed by atoms with Crippen LogP contribution in [-0.2, 0) is 7.05 Å². The Kier molecular flexibility index (Phi) is 5.70. The summed E-state index contributed by atoms with van der Waals surface area (Å²) in [5.41, 5.74) is 6.62. The van der Waals surface area contributed by atoms with Crippen molar-refractivity contribution < 1.29 is 0 Å². The third-order valence-corrected chi connectivity index (χ3v) is 10.3. The Bertz CT molecular complexity index is 2820. The molecule has 5 aromatic carbocycles. The number of fused-ring (bicyclic) bond motifs is 21. The molecular weight excluding hydrogens is 619 g/mol. The first-order valence-corrected chi connectivity index (χ1v) is 17.5. The third kappa shape index (κ3) is 3.88. The Hall–Kier alpha value is -5.46. The SMILES string of the molecule is Cn1c2nc3nc(nc4c5ccccc5c(nc5nc(nc1c1ccccc12)-c1cc2ccccc2cc1-5)[n]4[Al][Cl])-c1ccccc1-3. The van der Waals surface area contributed by atoms with E-state index >= 15 is 0 Å². The molecule has 0 N–H and O–H groups in total. The summed E-state index contributed by atoms with van der Waals surface area (Å²) in [4.78, 5) is 31.1. The number of aromatic nitrogens is 8. The van der Waals surface area contributed by atoms with E-state index in [-0.39, 0.29) is 0 Å². The molecule has 5 heterocycles. The zero-order valence-electron chi connectivity index (χ0n) is 24.9. The number of benzene rings is 5. The second-order valence-electron chi connectivity index (χ2n) is 11.7. The lowest BCUT2D eigenvalue weighted by molar-refractivity contribution is 0.966. The van der Waals surface area contributed by atoms with Gasteiger partial charge in [-0.3, -0.25) is 0 Å². The van der Waals surface area contributed by atoms with Gasteiger partial charge in [0.1, 0.15) is 22.6 Å². The number of rotatable bonds is 1. The summed E-state index contributed by atoms with van der Waals surface area (Å²) < 4.78 is 4.03. The summed E-state index contributed by atoms with van der Waals surface area (Å²) >= 11 is -0.755. The Labute approximate surface area is 278 Å². The highest BCUT2D eigenvalue weighted by Gasteiger charge is 2.24. The van der Waals surface area contributed by atoms with Gasteiger partial charge in [-0.1, -0.05) is 97.1 Å². The standard InChI is InChI=1S/C37H21N8.Al.ClH/c1-45-36-26-16-8-9-17-27(26)37(45)44-35-29-19-21-11-3-2-10-20(21)18-28(29)34(42-35)41-32-23-13-5-4-12-22(23)30(39-32)38-31-24-14-6-7-15-25(24)33(40-31)43-36;;/h2-19H,1H3;;1H/q-1;+2;/p-1. The monoisotopic (exact) mass is 639 g/mol. The first-order chi connectivity index (χ1) is 23.2. The van der Waals surface area contributed by atoms with Crippen LogP contribution in [0, 0.1) is 0 Å². The molecule has 10 rings (SSSR count). The minimum atomic E-state index is -0.755. The van der Waals surface area contributed by atoms with Crippen LogP contribution < -0.4 is 0 Å². The fraction of sp³-hybridized carbons (Fsp3) is 0.0270. The van der Waals surface area contributed by atoms with Crippen LogP contribution in [0.2, 0.25) is 0 Å². The van der Waals surface area contributed by atoms with E-state index in [1.807, 2.05) is 75.8 Å². The Balaban J connectivity index is 1.46. The van der Waals surface area contributed by atoms with E-state index in [0.717, 1.165) is 65.9 Å². The first-order valence-electron chi connectivity index (χ1n) is 15.2. The largest absolute Gasteiger partial charge is 0.526 e. The average molecular weight is 640 g/mol. The minimum absolute atomic E-state index is 0.583. The maximum absolute atomic E-state index is 6.80. The van der Waals surface area contributed by atoms with E-state index in [1.165, 1.54) is 0 Å². The van der Waals surface area contributed by atoms with Crippen LogP contribution in [0.3, 0.4) is 0 Å². The normalized spacial score (nSPS) is 12.0. The lowest BCUT2D eigenvalue weighted by Crippen LogP contribution is -2.01. The molecule has 8 aromatic rings. The molecule has 0 atom stereocenters. The van der Waals surface area contributed by atoms with Gasteiger partial charge in [-0.05, 0) is 22.9 Å². The molecule has 2 aliphatic heterocycles. The summed E-state index contributed by atoms with van der Waals surface area (Å²) in [5, 5.41) is 6.05. The van der Waals surface area contributed by atoms with Crippen LogP contribution in [0.1, 0.15) is 0 Å². The number of halogens is 1. The molecule has 0 fully saturated rings. The van der Waals surface area contributed by atoms with Gasteiger partial charge in [-0.2, -0.15) is 0 Å². The maximum atomic E-state index is 6.80. The summed E-state index contributed by atoms with van der Waals surface area (Å²) in [7, 11) is 8.80. The van der Waals surface area contributed by atoms with Crippen LogP contribution in [0.5, 0.6) is 0 Å². The zero-order valence-corrected chi connectivity index (χ0v) is 26.8. The van der Waals surface area contributed by atoms with Crippen LogP contribution in [0.15, 0.2) is 109 Å². The number of hydrogen-bond acceptors (Lipinski definition) is 6. The molecule has 0 unspecified atom stereocenters. The van der Waals surface area contributed by atoms with Gasteiger partial charge in [0.15, 0.2) is 23.3 Å². The molecule has 219 valence electrons. The predicted octanol–water partition coefficient (Wildman–Crippen LogP) is 8.13. The lowest BCUT2D eigenvalue weighted by atomic mass is 10.0. The molecule has 1 radical (unpaired) electrons. The topological polar surface area (TPSA) is 87.2 Å². The van der Waals surface area contributed by atoms with Gasteiger partial charge in [0.05, 0.1) is 0 Å². The van der Waals surface area contributed by atoms with Crippen molar-refractivity contribution in [2.45, 2.75) is 0 Å². The summed E-state index contributed by atoms with van der Waals surface area (Å²) in [5.74, 6) is 2.36. The van der Waals surface area contributed by atoms with E-state index in [0.29, 0.717) is 34.6 Å². The van der Waals surface area contributed by atoms with E-state index in [4.69, 9.17) is 40.0 Å². The van der Waals surface area contributed by atoms with Crippen LogP contribution in [-0.4, -0.2) is 52.5 Å². The van der Waals surface area contributed by atoms with Crippen molar-refractivity contribution in [3.05, 3.63) is 109 Å². The fourth-order valence-electron chi connectivity index (χ4n) is 6.83. The number of hydrogen-bond donors (Lipinski definition) is 0. The highest BCUT2D eigenvalue weighted by Crippen LogP contribution is 2.39. The third-order valence-electron chi connectivity index (χ3n) is 9.05. The predicted molar refractivity (Wildman–Crippen MR) is 189 cm³/mol. The van der Waals surface area contributed by atoms with Gasteiger partial charge < -0.3 is 8.12 Å². The van der Waals surface area contributed by atoms with Gasteiger partial charge in [0.2, 0.25) is 0 Å². The van der Waals surface area contributed by atoms with Crippen molar-refractivity contribution in [2.75, 3.05) is 0 Å². The van der Waals surface area contributed by atoms with Gasteiger partial charge in [-0.25, -0.2) is 40.0 Å². The van der Waals surface area contributed by atoms with E-state index in [2.05, 4.69) is 48.5 Å². The summed E-state index contributed by atoms with van der Waals surface area (Å²) in [6, 6.07) is 37.1. The zero-order chi connectivity index (χ0) is 31.2. The summed E-state index contributed by atoms with van der Waals surface area (Å²) in [6.45, 7) is 0. The number of aryl methyl sites for hydroxylation is 1. The molecule has 2 aliphatic rings. The highest BCUT2D eigenvalue weighted by atomic mass is 35.6. The van der Waals surface area contributed by atoms with Crippen molar-refractivity contribution in [1.82, 2.24) is 38.0 Å². The van der Waals surface area contributed by atoms with E-state index in [9.17, 15) is 0 Å². The second kappa shape index (κ2) is 10.0. The molecule has 10 heteroatoms. The van der Waals surface area contributed by atoms with E-state index in [1.54, 1.807) is 0 Å². The van der Waals surface area contributed by atoms with E-state index < -0.39 is 14.5 Å². The molecule has 3 aromatic heterocycles. The molecule has 0 aliphatic carbocycles. The molecule has 8 nitrogen and oxygen atoms in total. The molecule has 47 heavy (non-hydrogen) atoms. The smallest absolute Gasteiger partial charge is 0.395 e. The second-order valence-corrected chi connectivity index (χ2v) is 13.0.